The predicted molar refractivity (Wildman–Crippen MR) is 81.0 cm³/mol. The summed E-state index contributed by atoms with van der Waals surface area (Å²) in [7, 11) is 2.07. The van der Waals surface area contributed by atoms with Crippen molar-refractivity contribution in [2.24, 2.45) is 0 Å². The molecule has 1 aromatic carbocycles. The van der Waals surface area contributed by atoms with Gasteiger partial charge in [0.1, 0.15) is 0 Å². The Labute approximate surface area is 113 Å². The maximum atomic E-state index is 3.45. The van der Waals surface area contributed by atoms with Gasteiger partial charge in [0, 0.05) is 6.04 Å². The van der Waals surface area contributed by atoms with Crippen molar-refractivity contribution in [2.75, 3.05) is 7.05 Å². The first-order valence-corrected chi connectivity index (χ1v) is 7.51. The lowest BCUT2D eigenvalue weighted by atomic mass is 9.98. The molecule has 0 fully saturated rings. The smallest absolute Gasteiger partial charge is 0.0317 e. The van der Waals surface area contributed by atoms with Gasteiger partial charge >= 0.3 is 0 Å². The van der Waals surface area contributed by atoms with Gasteiger partial charge in [0.15, 0.2) is 0 Å². The molecule has 0 aliphatic carbocycles. The Morgan fingerprint density at radius 2 is 1.78 bits per heavy atom. The zero-order valence-electron chi connectivity index (χ0n) is 12.3. The van der Waals surface area contributed by atoms with Crippen LogP contribution in [0.2, 0.25) is 0 Å². The highest BCUT2D eigenvalue weighted by atomic mass is 14.9. The number of hydrogen-bond acceptors (Lipinski definition) is 1. The van der Waals surface area contributed by atoms with Gasteiger partial charge in [-0.1, -0.05) is 75.3 Å². The third-order valence-corrected chi connectivity index (χ3v) is 3.64. The van der Waals surface area contributed by atoms with Crippen LogP contribution in [0.15, 0.2) is 24.3 Å². The molecule has 0 bridgehead atoms. The van der Waals surface area contributed by atoms with E-state index in [0.717, 1.165) is 0 Å². The molecule has 0 amide bonds. The van der Waals surface area contributed by atoms with E-state index in [1.165, 1.54) is 56.1 Å². The summed E-state index contributed by atoms with van der Waals surface area (Å²) in [5.74, 6) is 0. The molecule has 1 atom stereocenters. The van der Waals surface area contributed by atoms with Crippen molar-refractivity contribution >= 4 is 0 Å². The second-order valence-corrected chi connectivity index (χ2v) is 5.31. The van der Waals surface area contributed by atoms with E-state index in [0.29, 0.717) is 6.04 Å². The van der Waals surface area contributed by atoms with Crippen LogP contribution < -0.4 is 5.32 Å². The highest BCUT2D eigenvalue weighted by molar-refractivity contribution is 5.24. The van der Waals surface area contributed by atoms with Crippen LogP contribution in [0.4, 0.5) is 0 Å². The maximum Gasteiger partial charge on any atom is 0.0317 e. The Bertz CT molecular complexity index is 319. The average molecular weight is 247 g/mol. The zero-order valence-corrected chi connectivity index (χ0v) is 12.3. The summed E-state index contributed by atoms with van der Waals surface area (Å²) in [5.41, 5.74) is 2.79. The number of unbranched alkanes of at least 4 members (excludes halogenated alkanes) is 5. The van der Waals surface area contributed by atoms with Gasteiger partial charge in [0.05, 0.1) is 0 Å². The van der Waals surface area contributed by atoms with Crippen LogP contribution in [-0.4, -0.2) is 7.05 Å². The van der Waals surface area contributed by atoms with Gasteiger partial charge in [-0.25, -0.2) is 0 Å². The second-order valence-electron chi connectivity index (χ2n) is 5.31. The lowest BCUT2D eigenvalue weighted by Gasteiger charge is -2.17. The summed E-state index contributed by atoms with van der Waals surface area (Å²) in [6.45, 7) is 4.44. The van der Waals surface area contributed by atoms with Gasteiger partial charge in [-0.05, 0) is 26.0 Å². The lowest BCUT2D eigenvalue weighted by molar-refractivity contribution is 0.498. The molecule has 0 saturated carbocycles. The van der Waals surface area contributed by atoms with Crippen LogP contribution in [-0.2, 0) is 0 Å². The van der Waals surface area contributed by atoms with Gasteiger partial charge in [-0.2, -0.15) is 0 Å². The minimum atomic E-state index is 0.524. The molecule has 1 nitrogen and oxygen atoms in total. The number of rotatable bonds is 9. The molecule has 0 aliphatic heterocycles. The van der Waals surface area contributed by atoms with Gasteiger partial charge in [0.2, 0.25) is 0 Å². The maximum absolute atomic E-state index is 3.45. The average Bonchev–Trinajstić information content (AvgIpc) is 2.38. The third kappa shape index (κ3) is 5.68. The van der Waals surface area contributed by atoms with E-state index < -0.39 is 0 Å². The highest BCUT2D eigenvalue weighted by Crippen LogP contribution is 2.20. The van der Waals surface area contributed by atoms with E-state index in [1.54, 1.807) is 0 Å². The Morgan fingerprint density at radius 1 is 1.06 bits per heavy atom. The van der Waals surface area contributed by atoms with Gasteiger partial charge in [-0.15, -0.1) is 0 Å². The fourth-order valence-electron chi connectivity index (χ4n) is 2.49. The summed E-state index contributed by atoms with van der Waals surface area (Å²) in [6.07, 6.45) is 9.51. The SMILES string of the molecule is CCCCCCCCC(NC)c1cccc(C)c1. The van der Waals surface area contributed by atoms with Crippen molar-refractivity contribution in [1.29, 1.82) is 0 Å². The molecule has 0 heterocycles. The summed E-state index contributed by atoms with van der Waals surface area (Å²) in [5, 5.41) is 3.45. The van der Waals surface area contributed by atoms with Crippen molar-refractivity contribution in [3.8, 4) is 0 Å². The highest BCUT2D eigenvalue weighted by Gasteiger charge is 2.08. The molecule has 1 heteroatoms. The van der Waals surface area contributed by atoms with Crippen LogP contribution in [0.3, 0.4) is 0 Å². The van der Waals surface area contributed by atoms with Crippen LogP contribution >= 0.6 is 0 Å². The normalized spacial score (nSPS) is 12.6. The topological polar surface area (TPSA) is 12.0 Å². The summed E-state index contributed by atoms with van der Waals surface area (Å²) >= 11 is 0. The van der Waals surface area contributed by atoms with E-state index in [4.69, 9.17) is 0 Å². The van der Waals surface area contributed by atoms with Crippen molar-refractivity contribution < 1.29 is 0 Å². The van der Waals surface area contributed by atoms with E-state index in [-0.39, 0.29) is 0 Å². The molecule has 1 unspecified atom stereocenters. The molecule has 1 N–H and O–H groups in total. The van der Waals surface area contributed by atoms with Crippen molar-refractivity contribution in [2.45, 2.75) is 64.8 Å². The molecule has 0 spiro atoms. The molecule has 1 aromatic rings. The fourth-order valence-corrected chi connectivity index (χ4v) is 2.49. The number of benzene rings is 1. The van der Waals surface area contributed by atoms with E-state index >= 15 is 0 Å². The first-order chi connectivity index (χ1) is 8.77. The minimum Gasteiger partial charge on any atom is -0.313 e. The molecule has 102 valence electrons. The molecule has 0 saturated heterocycles. The van der Waals surface area contributed by atoms with Gasteiger partial charge in [-0.3, -0.25) is 0 Å². The summed E-state index contributed by atoms with van der Waals surface area (Å²) < 4.78 is 0. The first kappa shape index (κ1) is 15.2. The van der Waals surface area contributed by atoms with Crippen LogP contribution in [0.25, 0.3) is 0 Å². The molecular formula is C17H29N. The third-order valence-electron chi connectivity index (χ3n) is 3.64. The number of hydrogen-bond donors (Lipinski definition) is 1. The van der Waals surface area contributed by atoms with Gasteiger partial charge < -0.3 is 5.32 Å². The standard InChI is InChI=1S/C17H29N/c1-4-5-6-7-8-9-13-17(18-3)16-12-10-11-15(2)14-16/h10-12,14,17-18H,4-9,13H2,1-3H3. The van der Waals surface area contributed by atoms with E-state index in [2.05, 4.69) is 50.5 Å². The van der Waals surface area contributed by atoms with Crippen molar-refractivity contribution in [3.63, 3.8) is 0 Å². The molecule has 0 aromatic heterocycles. The minimum absolute atomic E-state index is 0.524. The Kier molecular flexibility index (Phi) is 7.75. The van der Waals surface area contributed by atoms with Crippen molar-refractivity contribution in [3.05, 3.63) is 35.4 Å². The first-order valence-electron chi connectivity index (χ1n) is 7.51. The lowest BCUT2D eigenvalue weighted by Crippen LogP contribution is -2.16. The molecule has 1 rings (SSSR count). The fraction of sp³-hybridized carbons (Fsp3) is 0.647. The van der Waals surface area contributed by atoms with E-state index in [9.17, 15) is 0 Å². The number of nitrogens with one attached hydrogen (secondary N) is 1. The predicted octanol–water partition coefficient (Wildman–Crippen LogP) is 5.01. The monoisotopic (exact) mass is 247 g/mol. The summed E-state index contributed by atoms with van der Waals surface area (Å²) in [6, 6.07) is 9.40. The van der Waals surface area contributed by atoms with Crippen LogP contribution in [0.1, 0.15) is 69.0 Å². The number of aryl methyl sites for hydroxylation is 1. The summed E-state index contributed by atoms with van der Waals surface area (Å²) in [4.78, 5) is 0. The van der Waals surface area contributed by atoms with E-state index in [1.807, 2.05) is 0 Å². The Balaban J connectivity index is 2.29. The Hall–Kier alpha value is -0.820. The Morgan fingerprint density at radius 3 is 2.44 bits per heavy atom. The largest absolute Gasteiger partial charge is 0.313 e. The molecular weight excluding hydrogens is 218 g/mol. The quantitative estimate of drug-likeness (QED) is 0.605. The molecule has 18 heavy (non-hydrogen) atoms. The molecule has 0 radical (unpaired) electrons. The molecule has 0 aliphatic rings. The van der Waals surface area contributed by atoms with Crippen molar-refractivity contribution in [1.82, 2.24) is 5.32 Å². The second kappa shape index (κ2) is 9.16. The van der Waals surface area contributed by atoms with Crippen LogP contribution in [0, 0.1) is 6.92 Å². The van der Waals surface area contributed by atoms with Crippen LogP contribution in [0.5, 0.6) is 0 Å². The zero-order chi connectivity index (χ0) is 13.2. The van der Waals surface area contributed by atoms with Gasteiger partial charge in [0.25, 0.3) is 0 Å².